The standard InChI is InChI=1S/C12H19NO2/c1-5-10-9-13(6-7-15-10)11(14)8-12(2,3)4/h1,10H,6-9H2,2-4H3/t10-/m0/s1. The summed E-state index contributed by atoms with van der Waals surface area (Å²) >= 11 is 0. The number of morpholine rings is 1. The fourth-order valence-corrected chi connectivity index (χ4v) is 1.54. The molecule has 1 rings (SSSR count). The van der Waals surface area contributed by atoms with E-state index in [1.165, 1.54) is 0 Å². The van der Waals surface area contributed by atoms with Crippen LogP contribution in [-0.2, 0) is 9.53 Å². The maximum atomic E-state index is 11.9. The van der Waals surface area contributed by atoms with Crippen molar-refractivity contribution in [3.63, 3.8) is 0 Å². The van der Waals surface area contributed by atoms with Crippen molar-refractivity contribution in [2.75, 3.05) is 19.7 Å². The van der Waals surface area contributed by atoms with E-state index in [9.17, 15) is 4.79 Å². The summed E-state index contributed by atoms with van der Waals surface area (Å²) in [5, 5.41) is 0. The summed E-state index contributed by atoms with van der Waals surface area (Å²) in [5.74, 6) is 2.71. The fourth-order valence-electron chi connectivity index (χ4n) is 1.54. The number of hydrogen-bond acceptors (Lipinski definition) is 2. The molecule has 0 spiro atoms. The van der Waals surface area contributed by atoms with Crippen LogP contribution in [-0.4, -0.2) is 36.6 Å². The summed E-state index contributed by atoms with van der Waals surface area (Å²) in [4.78, 5) is 13.7. The van der Waals surface area contributed by atoms with E-state index in [0.717, 1.165) is 0 Å². The first-order valence-corrected chi connectivity index (χ1v) is 5.28. The highest BCUT2D eigenvalue weighted by atomic mass is 16.5. The second kappa shape index (κ2) is 4.67. The molecule has 0 aromatic rings. The quantitative estimate of drug-likeness (QED) is 0.609. The Labute approximate surface area is 91.8 Å². The van der Waals surface area contributed by atoms with Crippen LogP contribution in [0.4, 0.5) is 0 Å². The minimum atomic E-state index is -0.234. The molecule has 0 unspecified atom stereocenters. The number of terminal acetylenes is 1. The third-order valence-corrected chi connectivity index (χ3v) is 2.29. The second-order valence-corrected chi connectivity index (χ2v) is 5.10. The van der Waals surface area contributed by atoms with E-state index in [1.54, 1.807) is 4.90 Å². The molecule has 0 N–H and O–H groups in total. The van der Waals surface area contributed by atoms with Crippen LogP contribution in [0.2, 0.25) is 0 Å². The summed E-state index contributed by atoms with van der Waals surface area (Å²) in [6, 6.07) is 0. The van der Waals surface area contributed by atoms with E-state index >= 15 is 0 Å². The Hall–Kier alpha value is -1.01. The smallest absolute Gasteiger partial charge is 0.223 e. The zero-order chi connectivity index (χ0) is 11.5. The van der Waals surface area contributed by atoms with Gasteiger partial charge in [0.15, 0.2) is 0 Å². The van der Waals surface area contributed by atoms with Gasteiger partial charge >= 0.3 is 0 Å². The van der Waals surface area contributed by atoms with Crippen LogP contribution in [0.1, 0.15) is 27.2 Å². The first kappa shape index (κ1) is 12.1. The van der Waals surface area contributed by atoms with Crippen LogP contribution >= 0.6 is 0 Å². The van der Waals surface area contributed by atoms with Crippen molar-refractivity contribution in [2.45, 2.75) is 33.3 Å². The van der Waals surface area contributed by atoms with Crippen molar-refractivity contribution >= 4 is 5.91 Å². The Morgan fingerprint density at radius 3 is 2.80 bits per heavy atom. The Morgan fingerprint density at radius 2 is 2.27 bits per heavy atom. The first-order valence-electron chi connectivity index (χ1n) is 5.28. The van der Waals surface area contributed by atoms with Gasteiger partial charge in [-0.25, -0.2) is 0 Å². The average molecular weight is 209 g/mol. The highest BCUT2D eigenvalue weighted by molar-refractivity contribution is 5.77. The molecular formula is C12H19NO2. The van der Waals surface area contributed by atoms with Crippen LogP contribution in [0, 0.1) is 17.8 Å². The van der Waals surface area contributed by atoms with Gasteiger partial charge in [-0.15, -0.1) is 6.42 Å². The summed E-state index contributed by atoms with van der Waals surface area (Å²) in [7, 11) is 0. The van der Waals surface area contributed by atoms with Crippen molar-refractivity contribution in [3.8, 4) is 12.3 Å². The van der Waals surface area contributed by atoms with Crippen molar-refractivity contribution < 1.29 is 9.53 Å². The van der Waals surface area contributed by atoms with Gasteiger partial charge in [-0.2, -0.15) is 0 Å². The van der Waals surface area contributed by atoms with E-state index in [4.69, 9.17) is 11.2 Å². The number of rotatable bonds is 1. The number of carbonyl (C=O) groups excluding carboxylic acids is 1. The minimum absolute atomic E-state index is 0.0288. The topological polar surface area (TPSA) is 29.5 Å². The van der Waals surface area contributed by atoms with Crippen molar-refractivity contribution in [3.05, 3.63) is 0 Å². The van der Waals surface area contributed by atoms with E-state index in [1.807, 2.05) is 0 Å². The van der Waals surface area contributed by atoms with Gasteiger partial charge in [-0.05, 0) is 5.41 Å². The van der Waals surface area contributed by atoms with Gasteiger partial charge < -0.3 is 9.64 Å². The molecule has 0 saturated carbocycles. The van der Waals surface area contributed by atoms with E-state index in [2.05, 4.69) is 26.7 Å². The molecule has 1 atom stereocenters. The summed E-state index contributed by atoms with van der Waals surface area (Å²) in [5.41, 5.74) is 0.0288. The SMILES string of the molecule is C#C[C@H]1CN(C(=O)CC(C)(C)C)CCO1. The molecule has 0 aromatic carbocycles. The highest BCUT2D eigenvalue weighted by Crippen LogP contribution is 2.20. The van der Waals surface area contributed by atoms with E-state index < -0.39 is 0 Å². The Kier molecular flexibility index (Phi) is 3.76. The molecule has 1 saturated heterocycles. The lowest BCUT2D eigenvalue weighted by atomic mass is 9.91. The monoisotopic (exact) mass is 209 g/mol. The summed E-state index contributed by atoms with van der Waals surface area (Å²) in [6.45, 7) is 7.92. The lowest BCUT2D eigenvalue weighted by Crippen LogP contribution is -2.45. The molecule has 15 heavy (non-hydrogen) atoms. The summed E-state index contributed by atoms with van der Waals surface area (Å²) < 4.78 is 5.31. The lowest BCUT2D eigenvalue weighted by molar-refractivity contribution is -0.138. The molecule has 3 nitrogen and oxygen atoms in total. The van der Waals surface area contributed by atoms with Crippen molar-refractivity contribution in [2.24, 2.45) is 5.41 Å². The molecule has 1 fully saturated rings. The Balaban J connectivity index is 2.50. The van der Waals surface area contributed by atoms with Crippen LogP contribution in [0.5, 0.6) is 0 Å². The van der Waals surface area contributed by atoms with Gasteiger partial charge in [0.1, 0.15) is 6.10 Å². The fraction of sp³-hybridized carbons (Fsp3) is 0.750. The lowest BCUT2D eigenvalue weighted by Gasteiger charge is -2.32. The molecule has 0 aromatic heterocycles. The molecule has 1 aliphatic heterocycles. The molecule has 84 valence electrons. The van der Waals surface area contributed by atoms with Crippen LogP contribution < -0.4 is 0 Å². The molecule has 3 heteroatoms. The van der Waals surface area contributed by atoms with Gasteiger partial charge in [0.05, 0.1) is 13.2 Å². The maximum absolute atomic E-state index is 11.9. The number of nitrogens with zero attached hydrogens (tertiary/aromatic N) is 1. The Bertz CT molecular complexity index is 272. The largest absolute Gasteiger partial charge is 0.362 e. The highest BCUT2D eigenvalue weighted by Gasteiger charge is 2.25. The third kappa shape index (κ3) is 3.93. The van der Waals surface area contributed by atoms with Crippen LogP contribution in [0.15, 0.2) is 0 Å². The van der Waals surface area contributed by atoms with Crippen LogP contribution in [0.25, 0.3) is 0 Å². The number of carbonyl (C=O) groups is 1. The van der Waals surface area contributed by atoms with Gasteiger partial charge in [0.25, 0.3) is 0 Å². The molecule has 1 heterocycles. The van der Waals surface area contributed by atoms with E-state index in [0.29, 0.717) is 26.1 Å². The normalized spacial score (nSPS) is 22.3. The van der Waals surface area contributed by atoms with Gasteiger partial charge in [-0.1, -0.05) is 26.7 Å². The predicted octanol–water partition coefficient (Wildman–Crippen LogP) is 1.28. The molecule has 0 bridgehead atoms. The third-order valence-electron chi connectivity index (χ3n) is 2.29. The second-order valence-electron chi connectivity index (χ2n) is 5.10. The molecule has 1 aliphatic rings. The van der Waals surface area contributed by atoms with Gasteiger partial charge in [-0.3, -0.25) is 4.79 Å². The predicted molar refractivity (Wildman–Crippen MR) is 59.2 cm³/mol. The zero-order valence-electron chi connectivity index (χ0n) is 9.75. The van der Waals surface area contributed by atoms with Gasteiger partial charge in [0, 0.05) is 13.0 Å². The number of ether oxygens (including phenoxy) is 1. The first-order chi connectivity index (χ1) is 6.92. The van der Waals surface area contributed by atoms with Crippen molar-refractivity contribution in [1.82, 2.24) is 4.90 Å². The molecule has 0 radical (unpaired) electrons. The van der Waals surface area contributed by atoms with Gasteiger partial charge in [0.2, 0.25) is 5.91 Å². The Morgan fingerprint density at radius 1 is 1.60 bits per heavy atom. The average Bonchev–Trinajstić information content (AvgIpc) is 2.15. The molecular weight excluding hydrogens is 190 g/mol. The number of amides is 1. The van der Waals surface area contributed by atoms with Crippen molar-refractivity contribution in [1.29, 1.82) is 0 Å². The molecule has 0 aliphatic carbocycles. The van der Waals surface area contributed by atoms with E-state index in [-0.39, 0.29) is 17.4 Å². The van der Waals surface area contributed by atoms with Crippen LogP contribution in [0.3, 0.4) is 0 Å². The summed E-state index contributed by atoms with van der Waals surface area (Å²) in [6.07, 6.45) is 5.61. The minimum Gasteiger partial charge on any atom is -0.362 e. The zero-order valence-corrected chi connectivity index (χ0v) is 9.75. The number of hydrogen-bond donors (Lipinski definition) is 0. The maximum Gasteiger partial charge on any atom is 0.223 e. The molecule has 1 amide bonds.